The summed E-state index contributed by atoms with van der Waals surface area (Å²) in [5.74, 6) is 0. The second-order valence-electron chi connectivity index (χ2n) is 4.67. The van der Waals surface area contributed by atoms with Crippen molar-refractivity contribution in [1.82, 2.24) is 15.1 Å². The number of nitrogens with one attached hydrogen (secondary N) is 1. The molecule has 19 heavy (non-hydrogen) atoms. The van der Waals surface area contributed by atoms with E-state index < -0.39 is 11.0 Å². The third kappa shape index (κ3) is 4.29. The summed E-state index contributed by atoms with van der Waals surface area (Å²) in [7, 11) is 0. The number of aryl methyl sites for hydroxylation is 1. The number of hydrogen-bond acceptors (Lipinski definition) is 5. The third-order valence-electron chi connectivity index (χ3n) is 3.00. The second kappa shape index (κ2) is 7.20. The van der Waals surface area contributed by atoms with Crippen molar-refractivity contribution in [2.75, 3.05) is 13.1 Å². The van der Waals surface area contributed by atoms with Gasteiger partial charge in [0.15, 0.2) is 0 Å². The van der Waals surface area contributed by atoms with Crippen LogP contribution in [0.4, 0.5) is 5.69 Å². The van der Waals surface area contributed by atoms with E-state index in [0.29, 0.717) is 17.9 Å². The van der Waals surface area contributed by atoms with E-state index in [-0.39, 0.29) is 12.2 Å². The van der Waals surface area contributed by atoms with E-state index in [0.717, 1.165) is 19.4 Å². The lowest BCUT2D eigenvalue weighted by Gasteiger charge is -2.12. The number of hydrogen-bond donors (Lipinski definition) is 2. The van der Waals surface area contributed by atoms with Crippen molar-refractivity contribution in [3.63, 3.8) is 0 Å². The number of unbranched alkanes of at least 4 members (excludes halogenated alkanes) is 1. The van der Waals surface area contributed by atoms with Crippen LogP contribution < -0.4 is 5.32 Å². The molecule has 7 nitrogen and oxygen atoms in total. The molecule has 0 amide bonds. The molecule has 0 saturated carbocycles. The summed E-state index contributed by atoms with van der Waals surface area (Å²) < 4.78 is 1.50. The number of aromatic nitrogens is 2. The van der Waals surface area contributed by atoms with Crippen LogP contribution in [-0.2, 0) is 6.54 Å². The average molecular weight is 270 g/mol. The molecule has 108 valence electrons. The molecule has 0 aliphatic carbocycles. The molecule has 1 rings (SSSR count). The number of aliphatic hydroxyl groups excluding tert-OH is 1. The lowest BCUT2D eigenvalue weighted by Crippen LogP contribution is -2.31. The van der Waals surface area contributed by atoms with Crippen molar-refractivity contribution in [1.29, 1.82) is 0 Å². The van der Waals surface area contributed by atoms with Crippen LogP contribution in [0.25, 0.3) is 0 Å². The minimum atomic E-state index is -0.602. The zero-order valence-electron chi connectivity index (χ0n) is 11.7. The zero-order valence-corrected chi connectivity index (χ0v) is 11.7. The fraction of sp³-hybridized carbons (Fsp3) is 0.750. The van der Waals surface area contributed by atoms with Gasteiger partial charge in [0.2, 0.25) is 0 Å². The van der Waals surface area contributed by atoms with Gasteiger partial charge < -0.3 is 10.4 Å². The van der Waals surface area contributed by atoms with Crippen molar-refractivity contribution in [2.45, 2.75) is 46.3 Å². The van der Waals surface area contributed by atoms with Crippen LogP contribution >= 0.6 is 0 Å². The summed E-state index contributed by atoms with van der Waals surface area (Å²) in [6.07, 6.45) is 1.57. The first kappa shape index (κ1) is 15.6. The van der Waals surface area contributed by atoms with E-state index in [1.807, 2.05) is 0 Å². The predicted molar refractivity (Wildman–Crippen MR) is 72.1 cm³/mol. The Labute approximate surface area is 112 Å². The van der Waals surface area contributed by atoms with Gasteiger partial charge in [-0.05, 0) is 26.8 Å². The molecule has 0 bridgehead atoms. The summed E-state index contributed by atoms with van der Waals surface area (Å²) in [6, 6.07) is 0. The van der Waals surface area contributed by atoms with E-state index >= 15 is 0 Å². The quantitative estimate of drug-likeness (QED) is 0.420. The highest BCUT2D eigenvalue weighted by molar-refractivity contribution is 5.39. The lowest BCUT2D eigenvalue weighted by atomic mass is 10.3. The monoisotopic (exact) mass is 270 g/mol. The standard InChI is InChI=1S/C12H22N4O3/c1-4-5-6-13-7-11(17)8-15-10(3)12(16(18)19)9(2)14-15/h11,13,17H,4-8H2,1-3H3. The van der Waals surface area contributed by atoms with Gasteiger partial charge in [-0.3, -0.25) is 14.8 Å². The Bertz CT molecular complexity index is 431. The molecule has 1 heterocycles. The van der Waals surface area contributed by atoms with Gasteiger partial charge in [-0.1, -0.05) is 13.3 Å². The molecular weight excluding hydrogens is 248 g/mol. The molecule has 0 fully saturated rings. The topological polar surface area (TPSA) is 93.2 Å². The molecule has 1 atom stereocenters. The SMILES string of the molecule is CCCCNCC(O)Cn1nc(C)c([N+](=O)[O-])c1C. The largest absolute Gasteiger partial charge is 0.390 e. The molecule has 0 saturated heterocycles. The van der Waals surface area contributed by atoms with Crippen molar-refractivity contribution in [3.05, 3.63) is 21.5 Å². The van der Waals surface area contributed by atoms with Crippen LogP contribution in [0, 0.1) is 24.0 Å². The highest BCUT2D eigenvalue weighted by Crippen LogP contribution is 2.21. The van der Waals surface area contributed by atoms with Gasteiger partial charge >= 0.3 is 5.69 Å². The Morgan fingerprint density at radius 2 is 2.21 bits per heavy atom. The Hall–Kier alpha value is -1.47. The molecule has 1 unspecified atom stereocenters. The van der Waals surface area contributed by atoms with Gasteiger partial charge in [0.25, 0.3) is 0 Å². The van der Waals surface area contributed by atoms with E-state index in [9.17, 15) is 15.2 Å². The van der Waals surface area contributed by atoms with Gasteiger partial charge in [0.1, 0.15) is 11.4 Å². The zero-order chi connectivity index (χ0) is 14.4. The molecule has 0 aromatic carbocycles. The van der Waals surface area contributed by atoms with E-state index in [1.165, 1.54) is 4.68 Å². The van der Waals surface area contributed by atoms with Crippen LogP contribution in [0.3, 0.4) is 0 Å². The Morgan fingerprint density at radius 3 is 2.74 bits per heavy atom. The fourth-order valence-electron chi connectivity index (χ4n) is 1.96. The van der Waals surface area contributed by atoms with Gasteiger partial charge in [0.05, 0.1) is 17.6 Å². The van der Waals surface area contributed by atoms with Crippen LogP contribution in [0.2, 0.25) is 0 Å². The van der Waals surface area contributed by atoms with E-state index in [2.05, 4.69) is 17.3 Å². The molecule has 2 N–H and O–H groups in total. The Morgan fingerprint density at radius 1 is 1.53 bits per heavy atom. The molecule has 0 radical (unpaired) electrons. The van der Waals surface area contributed by atoms with Crippen LogP contribution in [0.5, 0.6) is 0 Å². The molecule has 7 heteroatoms. The highest BCUT2D eigenvalue weighted by Gasteiger charge is 2.22. The maximum atomic E-state index is 10.9. The first-order valence-electron chi connectivity index (χ1n) is 6.54. The fourth-order valence-corrected chi connectivity index (χ4v) is 1.96. The summed E-state index contributed by atoms with van der Waals surface area (Å²) in [4.78, 5) is 10.4. The van der Waals surface area contributed by atoms with Gasteiger partial charge in [-0.25, -0.2) is 0 Å². The number of nitrogens with zero attached hydrogens (tertiary/aromatic N) is 3. The number of nitro groups is 1. The minimum absolute atomic E-state index is 0.0335. The molecule has 0 spiro atoms. The van der Waals surface area contributed by atoms with Gasteiger partial charge in [0, 0.05) is 6.54 Å². The number of aliphatic hydroxyl groups is 1. The van der Waals surface area contributed by atoms with Crippen molar-refractivity contribution in [3.8, 4) is 0 Å². The number of rotatable bonds is 8. The second-order valence-corrected chi connectivity index (χ2v) is 4.67. The molecule has 1 aromatic heterocycles. The van der Waals surface area contributed by atoms with Gasteiger partial charge in [-0.15, -0.1) is 0 Å². The first-order valence-corrected chi connectivity index (χ1v) is 6.54. The maximum Gasteiger partial charge on any atom is 0.312 e. The van der Waals surface area contributed by atoms with Crippen LogP contribution in [0.15, 0.2) is 0 Å². The highest BCUT2D eigenvalue weighted by atomic mass is 16.6. The molecular formula is C12H22N4O3. The minimum Gasteiger partial charge on any atom is -0.390 e. The smallest absolute Gasteiger partial charge is 0.312 e. The first-order chi connectivity index (χ1) is 8.97. The van der Waals surface area contributed by atoms with E-state index in [4.69, 9.17) is 0 Å². The van der Waals surface area contributed by atoms with Crippen molar-refractivity contribution in [2.24, 2.45) is 0 Å². The van der Waals surface area contributed by atoms with Crippen molar-refractivity contribution < 1.29 is 10.0 Å². The third-order valence-corrected chi connectivity index (χ3v) is 3.00. The van der Waals surface area contributed by atoms with Crippen LogP contribution in [0.1, 0.15) is 31.2 Å². The van der Waals surface area contributed by atoms with E-state index in [1.54, 1.807) is 13.8 Å². The predicted octanol–water partition coefficient (Wildman–Crippen LogP) is 1.16. The van der Waals surface area contributed by atoms with Crippen molar-refractivity contribution >= 4 is 5.69 Å². The molecule has 1 aromatic rings. The summed E-state index contributed by atoms with van der Waals surface area (Å²) in [5.41, 5.74) is 0.898. The molecule has 0 aliphatic rings. The lowest BCUT2D eigenvalue weighted by molar-refractivity contribution is -0.386. The average Bonchev–Trinajstić information content (AvgIpc) is 2.60. The van der Waals surface area contributed by atoms with Crippen LogP contribution in [-0.4, -0.2) is 39.0 Å². The Balaban J connectivity index is 2.57. The Kier molecular flexibility index (Phi) is 5.91. The molecule has 0 aliphatic heterocycles. The summed E-state index contributed by atoms with van der Waals surface area (Å²) >= 11 is 0. The normalized spacial score (nSPS) is 12.6. The maximum absolute atomic E-state index is 10.9. The summed E-state index contributed by atoms with van der Waals surface area (Å²) in [6.45, 7) is 6.95. The summed E-state index contributed by atoms with van der Waals surface area (Å²) in [5, 5.41) is 28.0. The van der Waals surface area contributed by atoms with Gasteiger partial charge in [-0.2, -0.15) is 5.10 Å².